The van der Waals surface area contributed by atoms with Gasteiger partial charge >= 0.3 is 0 Å². The van der Waals surface area contributed by atoms with Crippen LogP contribution in [0.15, 0.2) is 24.3 Å². The molecular weight excluding hydrogens is 174 g/mol. The SMILES string of the molecule is CC(C)(N)c1ccc(C(C)(C)O)cc1. The molecule has 0 bridgehead atoms. The van der Waals surface area contributed by atoms with Gasteiger partial charge in [0.2, 0.25) is 0 Å². The lowest BCUT2D eigenvalue weighted by molar-refractivity contribution is 0.0785. The van der Waals surface area contributed by atoms with E-state index in [1.807, 2.05) is 38.1 Å². The highest BCUT2D eigenvalue weighted by Gasteiger charge is 2.18. The first-order chi connectivity index (χ1) is 6.21. The molecule has 0 radical (unpaired) electrons. The second-order valence-electron chi connectivity index (χ2n) is 4.86. The summed E-state index contributed by atoms with van der Waals surface area (Å²) < 4.78 is 0. The Morgan fingerprint density at radius 1 is 0.929 bits per heavy atom. The molecule has 0 spiro atoms. The first-order valence-electron chi connectivity index (χ1n) is 4.83. The molecule has 0 aliphatic carbocycles. The molecule has 0 heterocycles. The monoisotopic (exact) mass is 193 g/mol. The molecule has 0 aromatic heterocycles. The van der Waals surface area contributed by atoms with E-state index in [0.717, 1.165) is 11.1 Å². The molecule has 2 heteroatoms. The van der Waals surface area contributed by atoms with E-state index in [0.29, 0.717) is 0 Å². The second-order valence-corrected chi connectivity index (χ2v) is 4.86. The van der Waals surface area contributed by atoms with Crippen molar-refractivity contribution in [1.82, 2.24) is 0 Å². The van der Waals surface area contributed by atoms with Gasteiger partial charge in [0.15, 0.2) is 0 Å². The third-order valence-electron chi connectivity index (χ3n) is 2.34. The van der Waals surface area contributed by atoms with E-state index in [2.05, 4.69) is 0 Å². The molecule has 0 aliphatic heterocycles. The van der Waals surface area contributed by atoms with Crippen molar-refractivity contribution in [2.75, 3.05) is 0 Å². The summed E-state index contributed by atoms with van der Waals surface area (Å²) in [5.74, 6) is 0. The van der Waals surface area contributed by atoms with E-state index in [-0.39, 0.29) is 5.54 Å². The van der Waals surface area contributed by atoms with Crippen LogP contribution in [0.3, 0.4) is 0 Å². The Morgan fingerprint density at radius 3 is 1.57 bits per heavy atom. The van der Waals surface area contributed by atoms with Crippen molar-refractivity contribution in [3.8, 4) is 0 Å². The highest BCUT2D eigenvalue weighted by atomic mass is 16.3. The van der Waals surface area contributed by atoms with Crippen LogP contribution in [0.1, 0.15) is 38.8 Å². The molecule has 0 saturated heterocycles. The van der Waals surface area contributed by atoms with Crippen LogP contribution in [0, 0.1) is 0 Å². The summed E-state index contributed by atoms with van der Waals surface area (Å²) in [4.78, 5) is 0. The third kappa shape index (κ3) is 2.56. The molecule has 14 heavy (non-hydrogen) atoms. The number of aliphatic hydroxyl groups is 1. The summed E-state index contributed by atoms with van der Waals surface area (Å²) in [6.07, 6.45) is 0. The maximum atomic E-state index is 9.75. The van der Waals surface area contributed by atoms with Gasteiger partial charge in [0, 0.05) is 5.54 Å². The largest absolute Gasteiger partial charge is 0.386 e. The van der Waals surface area contributed by atoms with Gasteiger partial charge in [0.25, 0.3) is 0 Å². The smallest absolute Gasteiger partial charge is 0.0840 e. The lowest BCUT2D eigenvalue weighted by atomic mass is 9.91. The summed E-state index contributed by atoms with van der Waals surface area (Å²) in [5, 5.41) is 9.75. The fraction of sp³-hybridized carbons (Fsp3) is 0.500. The van der Waals surface area contributed by atoms with Crippen molar-refractivity contribution in [3.05, 3.63) is 35.4 Å². The standard InChI is InChI=1S/C12H19NO/c1-11(2,13)9-5-7-10(8-6-9)12(3,4)14/h5-8,14H,13H2,1-4H3. The minimum Gasteiger partial charge on any atom is -0.386 e. The fourth-order valence-corrected chi connectivity index (χ4v) is 1.31. The zero-order chi connectivity index (χ0) is 11.0. The quantitative estimate of drug-likeness (QED) is 0.755. The van der Waals surface area contributed by atoms with E-state index >= 15 is 0 Å². The summed E-state index contributed by atoms with van der Waals surface area (Å²) in [7, 11) is 0. The molecule has 0 amide bonds. The second kappa shape index (κ2) is 3.37. The van der Waals surface area contributed by atoms with Crippen molar-refractivity contribution < 1.29 is 5.11 Å². The molecule has 1 rings (SSSR count). The number of hydrogen-bond donors (Lipinski definition) is 2. The van der Waals surface area contributed by atoms with E-state index in [1.165, 1.54) is 0 Å². The third-order valence-corrected chi connectivity index (χ3v) is 2.34. The van der Waals surface area contributed by atoms with Crippen LogP contribution in [0.4, 0.5) is 0 Å². The van der Waals surface area contributed by atoms with Crippen LogP contribution in [0.25, 0.3) is 0 Å². The van der Waals surface area contributed by atoms with E-state index in [4.69, 9.17) is 5.73 Å². The summed E-state index contributed by atoms with van der Waals surface area (Å²) in [6, 6.07) is 7.77. The van der Waals surface area contributed by atoms with Crippen molar-refractivity contribution in [1.29, 1.82) is 0 Å². The zero-order valence-electron chi connectivity index (χ0n) is 9.33. The Labute approximate surface area is 85.8 Å². The van der Waals surface area contributed by atoms with Gasteiger partial charge in [-0.05, 0) is 38.8 Å². The van der Waals surface area contributed by atoms with Gasteiger partial charge in [-0.2, -0.15) is 0 Å². The predicted molar refractivity (Wildman–Crippen MR) is 58.9 cm³/mol. The topological polar surface area (TPSA) is 46.2 Å². The van der Waals surface area contributed by atoms with Crippen LogP contribution in [-0.2, 0) is 11.1 Å². The van der Waals surface area contributed by atoms with Gasteiger partial charge < -0.3 is 10.8 Å². The minimum atomic E-state index is -0.780. The molecule has 0 unspecified atom stereocenters. The minimum absolute atomic E-state index is 0.321. The molecule has 1 aromatic rings. The Bertz CT molecular complexity index is 268. The molecule has 3 N–H and O–H groups in total. The Balaban J connectivity index is 3.02. The molecule has 1 aromatic carbocycles. The lowest BCUT2D eigenvalue weighted by Gasteiger charge is -2.22. The highest BCUT2D eigenvalue weighted by molar-refractivity contribution is 5.29. The van der Waals surface area contributed by atoms with Gasteiger partial charge in [-0.1, -0.05) is 24.3 Å². The van der Waals surface area contributed by atoms with E-state index in [9.17, 15) is 5.11 Å². The Hall–Kier alpha value is -0.860. The van der Waals surface area contributed by atoms with Crippen LogP contribution in [-0.4, -0.2) is 5.11 Å². The maximum absolute atomic E-state index is 9.75. The summed E-state index contributed by atoms with van der Waals surface area (Å²) in [6.45, 7) is 7.48. The molecule has 78 valence electrons. The van der Waals surface area contributed by atoms with Gasteiger partial charge in [-0.3, -0.25) is 0 Å². The molecule has 0 atom stereocenters. The Morgan fingerprint density at radius 2 is 1.29 bits per heavy atom. The van der Waals surface area contributed by atoms with Crippen molar-refractivity contribution in [3.63, 3.8) is 0 Å². The average Bonchev–Trinajstić information content (AvgIpc) is 2.01. The molecule has 2 nitrogen and oxygen atoms in total. The van der Waals surface area contributed by atoms with Crippen molar-refractivity contribution in [2.45, 2.75) is 38.8 Å². The van der Waals surface area contributed by atoms with E-state index in [1.54, 1.807) is 13.8 Å². The van der Waals surface area contributed by atoms with Gasteiger partial charge in [0.1, 0.15) is 0 Å². The fourth-order valence-electron chi connectivity index (χ4n) is 1.31. The van der Waals surface area contributed by atoms with Crippen LogP contribution in [0.2, 0.25) is 0 Å². The molecule has 0 aliphatic rings. The molecule has 0 fully saturated rings. The van der Waals surface area contributed by atoms with Crippen molar-refractivity contribution >= 4 is 0 Å². The maximum Gasteiger partial charge on any atom is 0.0840 e. The van der Waals surface area contributed by atoms with Gasteiger partial charge in [-0.25, -0.2) is 0 Å². The normalized spacial score (nSPS) is 13.0. The number of benzene rings is 1. The highest BCUT2D eigenvalue weighted by Crippen LogP contribution is 2.23. The van der Waals surface area contributed by atoms with Gasteiger partial charge in [-0.15, -0.1) is 0 Å². The number of hydrogen-bond acceptors (Lipinski definition) is 2. The van der Waals surface area contributed by atoms with Crippen LogP contribution < -0.4 is 5.73 Å². The number of nitrogens with two attached hydrogens (primary N) is 1. The molecular formula is C12H19NO. The van der Waals surface area contributed by atoms with Crippen LogP contribution >= 0.6 is 0 Å². The van der Waals surface area contributed by atoms with E-state index < -0.39 is 5.60 Å². The first kappa shape index (κ1) is 11.2. The summed E-state index contributed by atoms with van der Waals surface area (Å²) in [5.41, 5.74) is 6.83. The van der Waals surface area contributed by atoms with Crippen LogP contribution in [0.5, 0.6) is 0 Å². The number of rotatable bonds is 2. The average molecular weight is 193 g/mol. The Kier molecular flexibility index (Phi) is 2.70. The predicted octanol–water partition coefficient (Wildman–Crippen LogP) is 2.11. The van der Waals surface area contributed by atoms with Gasteiger partial charge in [0.05, 0.1) is 5.60 Å². The first-order valence-corrected chi connectivity index (χ1v) is 4.83. The zero-order valence-corrected chi connectivity index (χ0v) is 9.33. The summed E-state index contributed by atoms with van der Waals surface area (Å²) >= 11 is 0. The van der Waals surface area contributed by atoms with Crippen molar-refractivity contribution in [2.24, 2.45) is 5.73 Å². The molecule has 0 saturated carbocycles. The lowest BCUT2D eigenvalue weighted by Crippen LogP contribution is -2.28.